The minimum absolute atomic E-state index is 0.000529. The fourth-order valence-corrected chi connectivity index (χ4v) is 10.2. The molecule has 55 heavy (non-hydrogen) atoms. The van der Waals surface area contributed by atoms with E-state index in [1.807, 2.05) is 31.2 Å². The van der Waals surface area contributed by atoms with Gasteiger partial charge in [0, 0.05) is 23.6 Å². The molecule has 1 saturated heterocycles. The summed E-state index contributed by atoms with van der Waals surface area (Å²) in [6, 6.07) is 5.04. The number of carbonyl (C=O) groups excluding carboxylic acids is 4. The monoisotopic (exact) mass is 775 g/mol. The Morgan fingerprint density at radius 1 is 1.09 bits per heavy atom. The summed E-state index contributed by atoms with van der Waals surface area (Å²) >= 11 is 0. The van der Waals surface area contributed by atoms with Crippen LogP contribution in [0.1, 0.15) is 83.1 Å². The van der Waals surface area contributed by atoms with Gasteiger partial charge in [-0.05, 0) is 82.8 Å². The lowest BCUT2D eigenvalue weighted by atomic mass is 9.96. The molecule has 3 heterocycles. The van der Waals surface area contributed by atoms with Crippen LogP contribution < -0.4 is 20.1 Å². The van der Waals surface area contributed by atoms with Crippen LogP contribution in [0.5, 0.6) is 11.6 Å². The van der Waals surface area contributed by atoms with E-state index >= 15 is 0 Å². The first-order valence-electron chi connectivity index (χ1n) is 19.5. The summed E-state index contributed by atoms with van der Waals surface area (Å²) in [5.41, 5.74) is -1.24. The van der Waals surface area contributed by atoms with E-state index in [-0.39, 0.29) is 42.9 Å². The number of aromatic hydroxyl groups is 1. The molecule has 2 aromatic rings. The van der Waals surface area contributed by atoms with Crippen molar-refractivity contribution in [3.63, 3.8) is 0 Å². The molecule has 8 rings (SSSR count). The minimum Gasteiger partial charge on any atom is -0.507 e. The van der Waals surface area contributed by atoms with E-state index in [2.05, 4.69) is 21.9 Å². The molecule has 4 aliphatic carbocycles. The Kier molecular flexibility index (Phi) is 9.57. The van der Waals surface area contributed by atoms with Crippen LogP contribution >= 0.6 is 0 Å². The SMILES string of the molecule is C=C[C@@H]1C[C@]1(NC(=O)[C@@H]1C[C@@H]2CN1C(=O)[C@H](C1CCCC1)NC(=O)O[C@@]1(C)C[C@@H]1CC/C=C/Cc1c(nc3ccccc3c1O)O2)C(=O)NS(=O)(=O)C1CC1. The van der Waals surface area contributed by atoms with E-state index in [1.165, 1.54) is 11.0 Å². The molecule has 6 aliphatic rings. The highest BCUT2D eigenvalue weighted by molar-refractivity contribution is 7.91. The number of allylic oxidation sites excluding steroid dienone is 2. The molecule has 1 aromatic heterocycles. The standard InChI is InChI=1S/C40H49N5O9S/c1-3-24-21-40(24,37(49)44-55(51,52)27-17-18-27)43-34(47)31-19-26-22-45(31)36(48)32(23-11-7-8-12-23)42-38(50)54-39(2)20-25(39)13-5-4-6-15-29-33(46)28-14-9-10-16-30(28)41-35(29)53-26/h3-4,6,9-10,14,16,23-27,31-32H,1,5,7-8,11-13,15,17-22H2,2H3,(H,41,46)(H,42,50)(H,43,47)(H,44,49)/b6-4+/t24-,25+,26-,31+,32+,39+,40-/m1/s1. The third kappa shape index (κ3) is 7.27. The van der Waals surface area contributed by atoms with Crippen molar-refractivity contribution in [2.24, 2.45) is 17.8 Å². The van der Waals surface area contributed by atoms with Gasteiger partial charge in [0.1, 0.15) is 35.1 Å². The van der Waals surface area contributed by atoms with Crippen LogP contribution in [0, 0.1) is 17.8 Å². The number of hydrogen-bond donors (Lipinski definition) is 4. The molecule has 4 N–H and O–H groups in total. The second-order valence-electron chi connectivity index (χ2n) is 16.4. The van der Waals surface area contributed by atoms with E-state index in [9.17, 15) is 32.7 Å². The lowest BCUT2D eigenvalue weighted by Crippen LogP contribution is -2.59. The zero-order chi connectivity index (χ0) is 38.7. The maximum Gasteiger partial charge on any atom is 0.408 e. The van der Waals surface area contributed by atoms with Crippen molar-refractivity contribution in [1.82, 2.24) is 25.2 Å². The van der Waals surface area contributed by atoms with Crippen LogP contribution in [0.4, 0.5) is 4.79 Å². The van der Waals surface area contributed by atoms with Gasteiger partial charge in [-0.15, -0.1) is 6.58 Å². The molecule has 4 amide bonds. The first-order chi connectivity index (χ1) is 26.3. The van der Waals surface area contributed by atoms with Gasteiger partial charge < -0.3 is 30.1 Å². The Bertz CT molecular complexity index is 2060. The van der Waals surface area contributed by atoms with Crippen molar-refractivity contribution in [2.75, 3.05) is 6.54 Å². The number of nitrogens with one attached hydrogen (secondary N) is 3. The van der Waals surface area contributed by atoms with Crippen molar-refractivity contribution in [3.8, 4) is 11.6 Å². The minimum atomic E-state index is -3.91. The topological polar surface area (TPSA) is 193 Å². The number of fused-ring (bicyclic) bond motifs is 5. The predicted octanol–water partition coefficient (Wildman–Crippen LogP) is 3.91. The number of ether oxygens (including phenoxy) is 2. The summed E-state index contributed by atoms with van der Waals surface area (Å²) in [5, 5.41) is 17.1. The van der Waals surface area contributed by atoms with Gasteiger partial charge in [0.05, 0.1) is 22.9 Å². The summed E-state index contributed by atoms with van der Waals surface area (Å²) in [4.78, 5) is 62.4. The number of para-hydroxylation sites is 1. The first kappa shape index (κ1) is 37.3. The Labute approximate surface area is 320 Å². The predicted molar refractivity (Wildman–Crippen MR) is 201 cm³/mol. The van der Waals surface area contributed by atoms with Gasteiger partial charge in [-0.3, -0.25) is 19.1 Å². The second-order valence-corrected chi connectivity index (χ2v) is 18.4. The van der Waals surface area contributed by atoms with Gasteiger partial charge in [-0.25, -0.2) is 18.2 Å². The number of benzene rings is 1. The fourth-order valence-electron chi connectivity index (χ4n) is 8.84. The summed E-state index contributed by atoms with van der Waals surface area (Å²) in [6.45, 7) is 5.64. The Morgan fingerprint density at radius 3 is 2.58 bits per heavy atom. The number of pyridine rings is 1. The highest BCUT2D eigenvalue weighted by Gasteiger charge is 2.62. The zero-order valence-corrected chi connectivity index (χ0v) is 31.8. The molecular weight excluding hydrogens is 727 g/mol. The van der Waals surface area contributed by atoms with Gasteiger partial charge in [0.15, 0.2) is 0 Å². The molecule has 0 spiro atoms. The average molecular weight is 776 g/mol. The molecule has 0 radical (unpaired) electrons. The molecule has 2 aliphatic heterocycles. The molecule has 4 saturated carbocycles. The summed E-state index contributed by atoms with van der Waals surface area (Å²) in [5.74, 6) is -2.33. The highest BCUT2D eigenvalue weighted by atomic mass is 32.2. The first-order valence-corrected chi connectivity index (χ1v) is 21.1. The quantitative estimate of drug-likeness (QED) is 0.300. The normalized spacial score (nSPS) is 33.1. The summed E-state index contributed by atoms with van der Waals surface area (Å²) < 4.78 is 40.2. The smallest absolute Gasteiger partial charge is 0.408 e. The fraction of sp³-hybridized carbons (Fsp3) is 0.575. The molecule has 14 nitrogen and oxygen atoms in total. The Balaban J connectivity index is 1.14. The third-order valence-electron chi connectivity index (χ3n) is 12.6. The number of carbonyl (C=O) groups is 4. The van der Waals surface area contributed by atoms with Gasteiger partial charge in [0.2, 0.25) is 27.7 Å². The summed E-state index contributed by atoms with van der Waals surface area (Å²) in [6.07, 6.45) is 10.8. The van der Waals surface area contributed by atoms with Crippen molar-refractivity contribution in [2.45, 2.75) is 119 Å². The second kappa shape index (κ2) is 14.1. The van der Waals surface area contributed by atoms with Crippen molar-refractivity contribution in [3.05, 3.63) is 54.6 Å². The Morgan fingerprint density at radius 2 is 1.85 bits per heavy atom. The molecule has 7 atom stereocenters. The van der Waals surface area contributed by atoms with E-state index in [0.29, 0.717) is 55.0 Å². The third-order valence-corrected chi connectivity index (χ3v) is 14.4. The van der Waals surface area contributed by atoms with Crippen LogP contribution in [0.25, 0.3) is 10.9 Å². The maximum absolute atomic E-state index is 14.8. The van der Waals surface area contributed by atoms with Crippen molar-refractivity contribution < 1.29 is 42.2 Å². The number of sulfonamides is 1. The molecule has 2 bridgehead atoms. The average Bonchev–Trinajstić information content (AvgIpc) is 4.11. The van der Waals surface area contributed by atoms with E-state index in [0.717, 1.165) is 25.7 Å². The molecule has 5 fully saturated rings. The molecule has 294 valence electrons. The number of rotatable bonds is 7. The van der Waals surface area contributed by atoms with Gasteiger partial charge >= 0.3 is 6.09 Å². The van der Waals surface area contributed by atoms with Gasteiger partial charge in [-0.2, -0.15) is 0 Å². The van der Waals surface area contributed by atoms with Crippen molar-refractivity contribution in [1.29, 1.82) is 0 Å². The van der Waals surface area contributed by atoms with E-state index < -0.39 is 74.3 Å². The van der Waals surface area contributed by atoms with Crippen LogP contribution in [-0.2, 0) is 35.6 Å². The Hall–Kier alpha value is -4.66. The van der Waals surface area contributed by atoms with Crippen LogP contribution in [0.3, 0.4) is 0 Å². The van der Waals surface area contributed by atoms with E-state index in [4.69, 9.17) is 14.5 Å². The van der Waals surface area contributed by atoms with Crippen molar-refractivity contribution >= 4 is 44.7 Å². The highest BCUT2D eigenvalue weighted by Crippen LogP contribution is 2.50. The summed E-state index contributed by atoms with van der Waals surface area (Å²) in [7, 11) is -3.91. The largest absolute Gasteiger partial charge is 0.507 e. The van der Waals surface area contributed by atoms with E-state index in [1.54, 1.807) is 12.1 Å². The van der Waals surface area contributed by atoms with Crippen LogP contribution in [0.15, 0.2) is 49.1 Å². The number of nitrogens with zero attached hydrogens (tertiary/aromatic N) is 2. The van der Waals surface area contributed by atoms with Crippen LogP contribution in [0.2, 0.25) is 0 Å². The number of aromatic nitrogens is 1. The molecular formula is C40H49N5O9S. The van der Waals surface area contributed by atoms with Gasteiger partial charge in [-0.1, -0.05) is 43.2 Å². The number of alkyl carbamates (subject to hydrolysis) is 1. The zero-order valence-electron chi connectivity index (χ0n) is 31.0. The van der Waals surface area contributed by atoms with Gasteiger partial charge in [0.25, 0.3) is 5.91 Å². The number of amides is 4. The lowest BCUT2D eigenvalue weighted by Gasteiger charge is -2.32. The maximum atomic E-state index is 14.8. The lowest BCUT2D eigenvalue weighted by molar-refractivity contribution is -0.142. The number of hydrogen-bond acceptors (Lipinski definition) is 10. The van der Waals surface area contributed by atoms with Crippen LogP contribution in [-0.4, -0.2) is 88.3 Å². The molecule has 1 aromatic carbocycles. The molecule has 15 heteroatoms. The molecule has 0 unspecified atom stereocenters.